The van der Waals surface area contributed by atoms with Crippen molar-refractivity contribution < 1.29 is 28.5 Å². The fourth-order valence-electron chi connectivity index (χ4n) is 3.48. The number of ether oxygens (including phenoxy) is 4. The zero-order chi connectivity index (χ0) is 22.7. The van der Waals surface area contributed by atoms with Gasteiger partial charge in [0.1, 0.15) is 5.75 Å². The standard InChI is InChI=1S/C23H24N2O6/c1-7-20(26)24-16-10-14(8-9-17(16)28-3)21-13(2)23(27)25(21)15-11-18(29-4)22(31-6)19(12-15)30-5/h7-12,21H,1-2H2,3-6H3,(H,24,26)/t21-/m1/s1. The van der Waals surface area contributed by atoms with Crippen LogP contribution in [-0.4, -0.2) is 40.3 Å². The molecule has 0 saturated carbocycles. The molecule has 1 heterocycles. The quantitative estimate of drug-likeness (QED) is 0.516. The summed E-state index contributed by atoms with van der Waals surface area (Å²) in [5.41, 5.74) is 2.18. The first-order chi connectivity index (χ1) is 14.9. The Morgan fingerprint density at radius 3 is 2.13 bits per heavy atom. The lowest BCUT2D eigenvalue weighted by Crippen LogP contribution is -2.48. The molecule has 1 saturated heterocycles. The SMILES string of the molecule is C=CC(=O)Nc1cc([C@H]2C(=C)C(=O)N2c2cc(OC)c(OC)c(OC)c2)ccc1OC. The second-order valence-electron chi connectivity index (χ2n) is 6.64. The lowest BCUT2D eigenvalue weighted by Gasteiger charge is -2.43. The van der Waals surface area contributed by atoms with Crippen molar-refractivity contribution in [3.05, 3.63) is 60.7 Å². The number of β-lactam (4-membered cyclic amide) rings is 1. The number of carbonyl (C=O) groups is 2. The molecule has 2 amide bonds. The van der Waals surface area contributed by atoms with Crippen molar-refractivity contribution in [2.45, 2.75) is 6.04 Å². The minimum atomic E-state index is -0.444. The van der Waals surface area contributed by atoms with E-state index in [0.29, 0.717) is 39.9 Å². The first-order valence-electron chi connectivity index (χ1n) is 9.33. The van der Waals surface area contributed by atoms with E-state index in [1.807, 2.05) is 6.07 Å². The number of nitrogens with zero attached hydrogens (tertiary/aromatic N) is 1. The van der Waals surface area contributed by atoms with Gasteiger partial charge in [-0.25, -0.2) is 0 Å². The molecular weight excluding hydrogens is 400 g/mol. The van der Waals surface area contributed by atoms with Gasteiger partial charge in [-0.1, -0.05) is 19.2 Å². The summed E-state index contributed by atoms with van der Waals surface area (Å²) in [4.78, 5) is 26.1. The highest BCUT2D eigenvalue weighted by atomic mass is 16.5. The normalized spacial score (nSPS) is 15.1. The van der Waals surface area contributed by atoms with Crippen molar-refractivity contribution in [2.75, 3.05) is 38.7 Å². The minimum Gasteiger partial charge on any atom is -0.495 e. The van der Waals surface area contributed by atoms with Crippen LogP contribution in [0.4, 0.5) is 11.4 Å². The number of hydrogen-bond acceptors (Lipinski definition) is 6. The first kappa shape index (κ1) is 21.8. The van der Waals surface area contributed by atoms with Gasteiger partial charge < -0.3 is 24.3 Å². The van der Waals surface area contributed by atoms with Gasteiger partial charge in [0.2, 0.25) is 11.7 Å². The van der Waals surface area contributed by atoms with E-state index in [1.165, 1.54) is 34.5 Å². The number of nitrogens with one attached hydrogen (secondary N) is 1. The number of benzene rings is 2. The van der Waals surface area contributed by atoms with Gasteiger partial charge in [-0.05, 0) is 23.8 Å². The Kier molecular flexibility index (Phi) is 6.20. The summed E-state index contributed by atoms with van der Waals surface area (Å²) in [6, 6.07) is 8.23. The zero-order valence-corrected chi connectivity index (χ0v) is 17.9. The number of amides is 2. The van der Waals surface area contributed by atoms with Crippen molar-refractivity contribution in [1.29, 1.82) is 0 Å². The van der Waals surface area contributed by atoms with E-state index in [2.05, 4.69) is 18.5 Å². The smallest absolute Gasteiger partial charge is 0.256 e. The maximum absolute atomic E-state index is 12.7. The highest BCUT2D eigenvalue weighted by Gasteiger charge is 2.43. The Balaban J connectivity index is 2.06. The van der Waals surface area contributed by atoms with Gasteiger partial charge in [0.15, 0.2) is 11.5 Å². The van der Waals surface area contributed by atoms with E-state index >= 15 is 0 Å². The number of anilines is 2. The van der Waals surface area contributed by atoms with Gasteiger partial charge in [0.05, 0.1) is 45.9 Å². The van der Waals surface area contributed by atoms with Crippen LogP contribution >= 0.6 is 0 Å². The molecule has 0 aromatic heterocycles. The molecule has 31 heavy (non-hydrogen) atoms. The van der Waals surface area contributed by atoms with Crippen molar-refractivity contribution in [3.63, 3.8) is 0 Å². The first-order valence-corrected chi connectivity index (χ1v) is 9.33. The van der Waals surface area contributed by atoms with E-state index in [9.17, 15) is 9.59 Å². The van der Waals surface area contributed by atoms with Crippen LogP contribution in [0.25, 0.3) is 0 Å². The van der Waals surface area contributed by atoms with E-state index in [-0.39, 0.29) is 11.8 Å². The minimum absolute atomic E-state index is 0.230. The zero-order valence-electron chi connectivity index (χ0n) is 17.9. The van der Waals surface area contributed by atoms with E-state index < -0.39 is 6.04 Å². The van der Waals surface area contributed by atoms with Gasteiger partial charge in [0, 0.05) is 17.7 Å². The molecule has 0 radical (unpaired) electrons. The molecule has 0 bridgehead atoms. The third-order valence-electron chi connectivity index (χ3n) is 4.99. The number of rotatable bonds is 8. The second kappa shape index (κ2) is 8.83. The van der Waals surface area contributed by atoms with Crippen LogP contribution in [0.3, 0.4) is 0 Å². The van der Waals surface area contributed by atoms with Crippen molar-refractivity contribution in [1.82, 2.24) is 0 Å². The van der Waals surface area contributed by atoms with Crippen molar-refractivity contribution in [2.24, 2.45) is 0 Å². The molecule has 1 fully saturated rings. The Bertz CT molecular complexity index is 1040. The van der Waals surface area contributed by atoms with Gasteiger partial charge in [-0.3, -0.25) is 14.5 Å². The molecular formula is C23H24N2O6. The summed E-state index contributed by atoms with van der Waals surface area (Å²) in [7, 11) is 6.03. The number of hydrogen-bond donors (Lipinski definition) is 1. The van der Waals surface area contributed by atoms with Crippen LogP contribution in [0, 0.1) is 0 Å². The van der Waals surface area contributed by atoms with Gasteiger partial charge >= 0.3 is 0 Å². The second-order valence-corrected chi connectivity index (χ2v) is 6.64. The highest BCUT2D eigenvalue weighted by Crippen LogP contribution is 2.48. The van der Waals surface area contributed by atoms with Crippen molar-refractivity contribution in [3.8, 4) is 23.0 Å². The summed E-state index contributed by atoms with van der Waals surface area (Å²) >= 11 is 0. The molecule has 0 spiro atoms. The molecule has 1 aliphatic rings. The average molecular weight is 424 g/mol. The summed E-state index contributed by atoms with van der Waals surface area (Å²) in [5.74, 6) is 1.15. The monoisotopic (exact) mass is 424 g/mol. The number of carbonyl (C=O) groups excluding carboxylic acids is 2. The Labute approximate surface area is 180 Å². The molecule has 1 N–H and O–H groups in total. The molecule has 1 atom stereocenters. The maximum Gasteiger partial charge on any atom is 0.256 e. The predicted octanol–water partition coefficient (Wildman–Crippen LogP) is 3.49. The topological polar surface area (TPSA) is 86.3 Å². The van der Waals surface area contributed by atoms with Crippen molar-refractivity contribution >= 4 is 23.2 Å². The Hall–Kier alpha value is -3.94. The van der Waals surface area contributed by atoms with Crippen LogP contribution in [0.1, 0.15) is 11.6 Å². The van der Waals surface area contributed by atoms with Crippen LogP contribution < -0.4 is 29.2 Å². The van der Waals surface area contributed by atoms with Crippen LogP contribution in [0.15, 0.2) is 55.1 Å². The lowest BCUT2D eigenvalue weighted by molar-refractivity contribution is -0.119. The predicted molar refractivity (Wildman–Crippen MR) is 117 cm³/mol. The summed E-state index contributed by atoms with van der Waals surface area (Å²) in [5, 5.41) is 2.72. The van der Waals surface area contributed by atoms with E-state index in [0.717, 1.165) is 5.56 Å². The highest BCUT2D eigenvalue weighted by molar-refractivity contribution is 6.15. The molecule has 8 nitrogen and oxygen atoms in total. The largest absolute Gasteiger partial charge is 0.495 e. The van der Waals surface area contributed by atoms with Gasteiger partial charge in [-0.2, -0.15) is 0 Å². The average Bonchev–Trinajstić information content (AvgIpc) is 2.80. The fraction of sp³-hybridized carbons (Fsp3) is 0.217. The van der Waals surface area contributed by atoms with Gasteiger partial charge in [0.25, 0.3) is 5.91 Å². The molecule has 0 aliphatic carbocycles. The van der Waals surface area contributed by atoms with Crippen LogP contribution in [0.2, 0.25) is 0 Å². The molecule has 162 valence electrons. The van der Waals surface area contributed by atoms with Crippen LogP contribution in [0.5, 0.6) is 23.0 Å². The number of methoxy groups -OCH3 is 4. The molecule has 1 aliphatic heterocycles. The lowest BCUT2D eigenvalue weighted by atomic mass is 9.88. The third-order valence-corrected chi connectivity index (χ3v) is 4.99. The van der Waals surface area contributed by atoms with Gasteiger partial charge in [-0.15, -0.1) is 0 Å². The van der Waals surface area contributed by atoms with E-state index in [1.54, 1.807) is 29.2 Å². The maximum atomic E-state index is 12.7. The summed E-state index contributed by atoms with van der Waals surface area (Å²) in [6.07, 6.45) is 1.17. The van der Waals surface area contributed by atoms with Crippen LogP contribution in [-0.2, 0) is 9.59 Å². The Morgan fingerprint density at radius 2 is 1.61 bits per heavy atom. The summed E-state index contributed by atoms with van der Waals surface area (Å²) < 4.78 is 21.5. The molecule has 2 aromatic rings. The Morgan fingerprint density at radius 1 is 1.00 bits per heavy atom. The molecule has 2 aromatic carbocycles. The molecule has 8 heteroatoms. The molecule has 3 rings (SSSR count). The third kappa shape index (κ3) is 3.79. The summed E-state index contributed by atoms with van der Waals surface area (Å²) in [6.45, 7) is 7.39. The van der Waals surface area contributed by atoms with E-state index in [4.69, 9.17) is 18.9 Å². The molecule has 0 unspecified atom stereocenters. The fourth-order valence-corrected chi connectivity index (χ4v) is 3.48.